The molecular formula is C19H38N4O3. The van der Waals surface area contributed by atoms with Crippen molar-refractivity contribution in [2.45, 2.75) is 72.4 Å². The number of rotatable bonds is 9. The number of hydrogen-bond donors (Lipinski definition) is 3. The van der Waals surface area contributed by atoms with E-state index in [1.807, 2.05) is 27.7 Å². The number of nitrogens with zero attached hydrogens (tertiary/aromatic N) is 1. The number of alkyl carbamates (subject to hydrolysis) is 1. The van der Waals surface area contributed by atoms with E-state index in [2.05, 4.69) is 29.8 Å². The van der Waals surface area contributed by atoms with Crippen LogP contribution in [-0.2, 0) is 9.47 Å². The van der Waals surface area contributed by atoms with Gasteiger partial charge >= 0.3 is 6.09 Å². The minimum absolute atomic E-state index is 0.103. The maximum atomic E-state index is 11.9. The molecule has 7 heteroatoms. The highest BCUT2D eigenvalue weighted by molar-refractivity contribution is 5.80. The normalized spacial score (nSPS) is 17.8. The zero-order chi connectivity index (χ0) is 19.6. The molecule has 26 heavy (non-hydrogen) atoms. The summed E-state index contributed by atoms with van der Waals surface area (Å²) in [5, 5.41) is 9.61. The smallest absolute Gasteiger partial charge is 0.407 e. The predicted molar refractivity (Wildman–Crippen MR) is 106 cm³/mol. The van der Waals surface area contributed by atoms with E-state index in [4.69, 9.17) is 14.5 Å². The van der Waals surface area contributed by atoms with Gasteiger partial charge in [0.05, 0.1) is 19.8 Å². The van der Waals surface area contributed by atoms with Gasteiger partial charge in [-0.3, -0.25) is 4.99 Å². The lowest BCUT2D eigenvalue weighted by Gasteiger charge is -2.36. The van der Waals surface area contributed by atoms with Crippen LogP contribution in [-0.4, -0.2) is 56.5 Å². The van der Waals surface area contributed by atoms with Crippen molar-refractivity contribution in [3.05, 3.63) is 0 Å². The molecule has 1 amide bonds. The van der Waals surface area contributed by atoms with Crippen LogP contribution in [0.15, 0.2) is 4.99 Å². The van der Waals surface area contributed by atoms with Crippen molar-refractivity contribution < 1.29 is 14.3 Å². The molecule has 1 saturated heterocycles. The van der Waals surface area contributed by atoms with Crippen LogP contribution < -0.4 is 16.0 Å². The molecule has 0 radical (unpaired) electrons. The van der Waals surface area contributed by atoms with Crippen LogP contribution in [0.3, 0.4) is 0 Å². The van der Waals surface area contributed by atoms with Gasteiger partial charge in [-0.1, -0.05) is 26.7 Å². The molecule has 7 nitrogen and oxygen atoms in total. The summed E-state index contributed by atoms with van der Waals surface area (Å²) in [4.78, 5) is 16.6. The van der Waals surface area contributed by atoms with Gasteiger partial charge in [-0.15, -0.1) is 0 Å². The van der Waals surface area contributed by atoms with E-state index in [0.717, 1.165) is 51.5 Å². The first-order valence-electron chi connectivity index (χ1n) is 9.77. The summed E-state index contributed by atoms with van der Waals surface area (Å²) in [6, 6.07) is 0.103. The Morgan fingerprint density at radius 3 is 2.46 bits per heavy atom. The monoisotopic (exact) mass is 370 g/mol. The Labute approximate surface area is 158 Å². The molecule has 0 aromatic carbocycles. The van der Waals surface area contributed by atoms with Crippen LogP contribution in [0.2, 0.25) is 0 Å². The number of aliphatic imine (C=N–C) groups is 1. The van der Waals surface area contributed by atoms with Gasteiger partial charge in [-0.2, -0.15) is 0 Å². The van der Waals surface area contributed by atoms with Crippen molar-refractivity contribution >= 4 is 12.1 Å². The third-order valence-corrected chi connectivity index (χ3v) is 4.00. The molecule has 0 bridgehead atoms. The highest BCUT2D eigenvalue weighted by Gasteiger charge is 2.33. The van der Waals surface area contributed by atoms with Crippen molar-refractivity contribution in [3.63, 3.8) is 0 Å². The maximum absolute atomic E-state index is 11.9. The van der Waals surface area contributed by atoms with Gasteiger partial charge in [-0.05, 0) is 34.1 Å². The topological polar surface area (TPSA) is 84.0 Å². The second-order valence-corrected chi connectivity index (χ2v) is 8.36. The molecule has 0 saturated carbocycles. The minimum Gasteiger partial charge on any atom is -0.444 e. The quantitative estimate of drug-likeness (QED) is 0.429. The molecule has 1 unspecified atom stereocenters. The Bertz CT molecular complexity index is 456. The fraction of sp³-hybridized carbons (Fsp3) is 0.895. The first-order chi connectivity index (χ1) is 12.2. The highest BCUT2D eigenvalue weighted by Crippen LogP contribution is 2.26. The number of ether oxygens (including phenoxy) is 2. The van der Waals surface area contributed by atoms with Gasteiger partial charge in [0, 0.05) is 24.5 Å². The third-order valence-electron chi connectivity index (χ3n) is 4.00. The summed E-state index contributed by atoms with van der Waals surface area (Å²) in [7, 11) is 0. The Morgan fingerprint density at radius 2 is 1.96 bits per heavy atom. The van der Waals surface area contributed by atoms with E-state index in [-0.39, 0.29) is 17.6 Å². The first kappa shape index (κ1) is 22.5. The molecule has 0 aliphatic carbocycles. The minimum atomic E-state index is -0.493. The second-order valence-electron chi connectivity index (χ2n) is 8.36. The Balaban J connectivity index is 2.60. The van der Waals surface area contributed by atoms with Crippen molar-refractivity contribution in [3.8, 4) is 0 Å². The van der Waals surface area contributed by atoms with E-state index < -0.39 is 5.60 Å². The standard InChI is InChI=1S/C19H38N4O3/c1-7-9-10-15(11-21-17(24)26-18(3,4)5)23-16(20-8-2)22-12-19(6)13-25-14-19/h15H,7-14H2,1-6H3,(H,21,24)(H2,20,22,23). The van der Waals surface area contributed by atoms with Crippen molar-refractivity contribution in [1.29, 1.82) is 0 Å². The molecular weight excluding hydrogens is 332 g/mol. The molecule has 0 aromatic heterocycles. The number of nitrogens with one attached hydrogen (secondary N) is 3. The van der Waals surface area contributed by atoms with Crippen LogP contribution in [0, 0.1) is 5.41 Å². The van der Waals surface area contributed by atoms with Gasteiger partial charge in [-0.25, -0.2) is 4.79 Å². The van der Waals surface area contributed by atoms with Crippen LogP contribution >= 0.6 is 0 Å². The van der Waals surface area contributed by atoms with Crippen LogP contribution in [0.1, 0.15) is 60.8 Å². The lowest BCUT2D eigenvalue weighted by Crippen LogP contribution is -2.50. The number of carbonyl (C=O) groups is 1. The molecule has 1 heterocycles. The first-order valence-corrected chi connectivity index (χ1v) is 9.77. The van der Waals surface area contributed by atoms with Gasteiger partial charge in [0.1, 0.15) is 5.60 Å². The lowest BCUT2D eigenvalue weighted by molar-refractivity contribution is -0.0945. The summed E-state index contributed by atoms with van der Waals surface area (Å²) < 4.78 is 10.6. The van der Waals surface area contributed by atoms with Crippen LogP contribution in [0.25, 0.3) is 0 Å². The molecule has 0 aromatic rings. The number of unbranched alkanes of at least 4 members (excludes halogenated alkanes) is 1. The molecule has 1 atom stereocenters. The number of guanidine groups is 1. The number of carbonyl (C=O) groups excluding carboxylic acids is 1. The molecule has 1 aliphatic rings. The Morgan fingerprint density at radius 1 is 1.27 bits per heavy atom. The average Bonchev–Trinajstić information content (AvgIpc) is 2.51. The average molecular weight is 371 g/mol. The zero-order valence-corrected chi connectivity index (χ0v) is 17.4. The van der Waals surface area contributed by atoms with Crippen LogP contribution in [0.5, 0.6) is 0 Å². The summed E-state index contributed by atoms with van der Waals surface area (Å²) in [5.41, 5.74) is -0.358. The fourth-order valence-corrected chi connectivity index (χ4v) is 2.52. The molecule has 0 spiro atoms. The Kier molecular flexibility index (Phi) is 9.19. The molecule has 1 aliphatic heterocycles. The van der Waals surface area contributed by atoms with Crippen LogP contribution in [0.4, 0.5) is 4.79 Å². The summed E-state index contributed by atoms with van der Waals surface area (Å²) in [6.07, 6.45) is 2.76. The summed E-state index contributed by atoms with van der Waals surface area (Å²) in [5.74, 6) is 0.785. The van der Waals surface area contributed by atoms with Gasteiger partial charge in [0.2, 0.25) is 0 Å². The van der Waals surface area contributed by atoms with Gasteiger partial charge in [0.25, 0.3) is 0 Å². The molecule has 3 N–H and O–H groups in total. The second kappa shape index (κ2) is 10.6. The maximum Gasteiger partial charge on any atom is 0.407 e. The predicted octanol–water partition coefficient (Wildman–Crippen LogP) is 2.66. The lowest BCUT2D eigenvalue weighted by atomic mass is 9.89. The van der Waals surface area contributed by atoms with E-state index in [1.165, 1.54) is 0 Å². The number of amides is 1. The molecule has 1 rings (SSSR count). The SMILES string of the molecule is CCCCC(CNC(=O)OC(C)(C)C)NC(=NCC1(C)COC1)NCC. The fourth-order valence-electron chi connectivity index (χ4n) is 2.52. The zero-order valence-electron chi connectivity index (χ0n) is 17.4. The molecule has 1 fully saturated rings. The van der Waals surface area contributed by atoms with Crippen molar-refractivity contribution in [2.75, 3.05) is 32.8 Å². The highest BCUT2D eigenvalue weighted by atomic mass is 16.6. The van der Waals surface area contributed by atoms with E-state index in [9.17, 15) is 4.79 Å². The third kappa shape index (κ3) is 9.27. The molecule has 152 valence electrons. The largest absolute Gasteiger partial charge is 0.444 e. The van der Waals surface area contributed by atoms with Gasteiger partial charge in [0.15, 0.2) is 5.96 Å². The van der Waals surface area contributed by atoms with Gasteiger partial charge < -0.3 is 25.4 Å². The van der Waals surface area contributed by atoms with E-state index in [1.54, 1.807) is 0 Å². The van der Waals surface area contributed by atoms with E-state index in [0.29, 0.717) is 6.54 Å². The number of hydrogen-bond acceptors (Lipinski definition) is 4. The van der Waals surface area contributed by atoms with Crippen molar-refractivity contribution in [1.82, 2.24) is 16.0 Å². The van der Waals surface area contributed by atoms with Crippen molar-refractivity contribution in [2.24, 2.45) is 10.4 Å². The Hall–Kier alpha value is -1.50. The summed E-state index contributed by atoms with van der Waals surface area (Å²) in [6.45, 7) is 15.5. The van der Waals surface area contributed by atoms with E-state index >= 15 is 0 Å². The summed E-state index contributed by atoms with van der Waals surface area (Å²) >= 11 is 0.